The SMILES string of the molecule is Fc1ccc(COc2cccc(CNCC3CCNCC3)c2)cc1. The van der Waals surface area contributed by atoms with E-state index in [4.69, 9.17) is 4.74 Å². The minimum atomic E-state index is -0.222. The second kappa shape index (κ2) is 8.81. The number of rotatable bonds is 7. The summed E-state index contributed by atoms with van der Waals surface area (Å²) in [4.78, 5) is 0. The first-order valence-corrected chi connectivity index (χ1v) is 8.67. The summed E-state index contributed by atoms with van der Waals surface area (Å²) in [7, 11) is 0. The fraction of sp³-hybridized carbons (Fsp3) is 0.400. The van der Waals surface area contributed by atoms with Crippen molar-refractivity contribution in [1.82, 2.24) is 10.6 Å². The Labute approximate surface area is 143 Å². The molecule has 1 saturated heterocycles. The monoisotopic (exact) mass is 328 g/mol. The van der Waals surface area contributed by atoms with Crippen LogP contribution in [0.1, 0.15) is 24.0 Å². The summed E-state index contributed by atoms with van der Waals surface area (Å²) >= 11 is 0. The van der Waals surface area contributed by atoms with Crippen LogP contribution in [0.2, 0.25) is 0 Å². The normalized spacial score (nSPS) is 15.4. The number of hydrogen-bond acceptors (Lipinski definition) is 3. The Morgan fingerprint density at radius 3 is 2.62 bits per heavy atom. The number of piperidine rings is 1. The second-order valence-electron chi connectivity index (χ2n) is 6.39. The van der Waals surface area contributed by atoms with Crippen molar-refractivity contribution in [3.8, 4) is 5.75 Å². The van der Waals surface area contributed by atoms with Crippen molar-refractivity contribution in [2.75, 3.05) is 19.6 Å². The van der Waals surface area contributed by atoms with Gasteiger partial charge in [0.05, 0.1) is 0 Å². The molecule has 2 N–H and O–H groups in total. The number of halogens is 1. The van der Waals surface area contributed by atoms with E-state index in [1.54, 1.807) is 12.1 Å². The van der Waals surface area contributed by atoms with E-state index in [0.29, 0.717) is 6.61 Å². The molecule has 4 heteroatoms. The van der Waals surface area contributed by atoms with E-state index in [-0.39, 0.29) is 5.82 Å². The van der Waals surface area contributed by atoms with Crippen LogP contribution in [0.25, 0.3) is 0 Å². The quantitative estimate of drug-likeness (QED) is 0.816. The van der Waals surface area contributed by atoms with Crippen molar-refractivity contribution in [1.29, 1.82) is 0 Å². The first kappa shape index (κ1) is 16.9. The molecule has 0 spiro atoms. The van der Waals surface area contributed by atoms with Gasteiger partial charge in [-0.2, -0.15) is 0 Å². The van der Waals surface area contributed by atoms with E-state index in [1.165, 1.54) is 30.5 Å². The molecule has 2 aromatic carbocycles. The van der Waals surface area contributed by atoms with Crippen molar-refractivity contribution in [3.63, 3.8) is 0 Å². The lowest BCUT2D eigenvalue weighted by Crippen LogP contribution is -2.33. The van der Waals surface area contributed by atoms with E-state index in [0.717, 1.165) is 43.4 Å². The first-order valence-electron chi connectivity index (χ1n) is 8.67. The molecule has 0 amide bonds. The van der Waals surface area contributed by atoms with Crippen LogP contribution >= 0.6 is 0 Å². The third-order valence-electron chi connectivity index (χ3n) is 4.44. The lowest BCUT2D eigenvalue weighted by molar-refractivity contribution is 0.305. The molecule has 3 rings (SSSR count). The Kier molecular flexibility index (Phi) is 6.21. The molecule has 1 aliphatic heterocycles. The van der Waals surface area contributed by atoms with E-state index < -0.39 is 0 Å². The Bertz CT molecular complexity index is 624. The zero-order valence-electron chi connectivity index (χ0n) is 13.9. The molecular weight excluding hydrogens is 303 g/mol. The zero-order chi connectivity index (χ0) is 16.6. The van der Waals surface area contributed by atoms with Gasteiger partial charge < -0.3 is 15.4 Å². The summed E-state index contributed by atoms with van der Waals surface area (Å²) in [5, 5.41) is 6.95. The van der Waals surface area contributed by atoms with Gasteiger partial charge in [-0.25, -0.2) is 4.39 Å². The largest absolute Gasteiger partial charge is 0.489 e. The summed E-state index contributed by atoms with van der Waals surface area (Å²) in [6.07, 6.45) is 2.52. The standard InChI is InChI=1S/C20H25FN2O/c21-19-6-4-17(5-7-19)15-24-20-3-1-2-18(12-20)14-23-13-16-8-10-22-11-9-16/h1-7,12,16,22-23H,8-11,13-15H2. The molecule has 1 fully saturated rings. The van der Waals surface area contributed by atoms with Crippen LogP contribution in [0.3, 0.4) is 0 Å². The maximum atomic E-state index is 12.9. The van der Waals surface area contributed by atoms with Gasteiger partial charge in [-0.05, 0) is 73.8 Å². The fourth-order valence-corrected chi connectivity index (χ4v) is 3.00. The summed E-state index contributed by atoms with van der Waals surface area (Å²) in [5.74, 6) is 1.41. The lowest BCUT2D eigenvalue weighted by Gasteiger charge is -2.22. The molecule has 2 aromatic rings. The van der Waals surface area contributed by atoms with Crippen molar-refractivity contribution < 1.29 is 9.13 Å². The minimum absolute atomic E-state index is 0.222. The van der Waals surface area contributed by atoms with Crippen LogP contribution in [0.4, 0.5) is 4.39 Å². The lowest BCUT2D eigenvalue weighted by atomic mass is 9.98. The fourth-order valence-electron chi connectivity index (χ4n) is 3.00. The van der Waals surface area contributed by atoms with Gasteiger partial charge in [0, 0.05) is 6.54 Å². The molecule has 0 atom stereocenters. The van der Waals surface area contributed by atoms with Crippen LogP contribution in [-0.4, -0.2) is 19.6 Å². The van der Waals surface area contributed by atoms with E-state index in [1.807, 2.05) is 12.1 Å². The zero-order valence-corrected chi connectivity index (χ0v) is 13.9. The third kappa shape index (κ3) is 5.32. The second-order valence-corrected chi connectivity index (χ2v) is 6.39. The van der Waals surface area contributed by atoms with Crippen molar-refractivity contribution in [3.05, 3.63) is 65.5 Å². The smallest absolute Gasteiger partial charge is 0.123 e. The number of ether oxygens (including phenoxy) is 1. The van der Waals surface area contributed by atoms with Gasteiger partial charge >= 0.3 is 0 Å². The molecule has 1 aliphatic rings. The van der Waals surface area contributed by atoms with Crippen LogP contribution in [-0.2, 0) is 13.2 Å². The molecule has 128 valence electrons. The summed E-state index contributed by atoms with van der Waals surface area (Å²) in [5.41, 5.74) is 2.19. The van der Waals surface area contributed by atoms with Crippen LogP contribution in [0.15, 0.2) is 48.5 Å². The molecule has 0 saturated carbocycles. The molecule has 0 aromatic heterocycles. The molecule has 24 heavy (non-hydrogen) atoms. The highest BCUT2D eigenvalue weighted by Gasteiger charge is 2.12. The topological polar surface area (TPSA) is 33.3 Å². The maximum absolute atomic E-state index is 12.9. The van der Waals surface area contributed by atoms with Crippen LogP contribution in [0, 0.1) is 11.7 Å². The van der Waals surface area contributed by atoms with E-state index in [2.05, 4.69) is 22.8 Å². The molecule has 3 nitrogen and oxygen atoms in total. The van der Waals surface area contributed by atoms with Gasteiger partial charge in [-0.3, -0.25) is 0 Å². The summed E-state index contributed by atoms with van der Waals surface area (Å²) < 4.78 is 18.7. The average Bonchev–Trinajstić information content (AvgIpc) is 2.63. The molecule has 0 bridgehead atoms. The summed E-state index contributed by atoms with van der Waals surface area (Å²) in [6, 6.07) is 14.6. The van der Waals surface area contributed by atoms with Gasteiger partial charge in [0.2, 0.25) is 0 Å². The highest BCUT2D eigenvalue weighted by atomic mass is 19.1. The van der Waals surface area contributed by atoms with E-state index in [9.17, 15) is 4.39 Å². The van der Waals surface area contributed by atoms with Crippen molar-refractivity contribution >= 4 is 0 Å². The van der Waals surface area contributed by atoms with E-state index >= 15 is 0 Å². The molecule has 1 heterocycles. The number of nitrogens with one attached hydrogen (secondary N) is 2. The van der Waals surface area contributed by atoms with Crippen molar-refractivity contribution in [2.45, 2.75) is 26.0 Å². The number of benzene rings is 2. The predicted octanol–water partition coefficient (Wildman–Crippen LogP) is 3.49. The molecular formula is C20H25FN2O. The Morgan fingerprint density at radius 1 is 1.04 bits per heavy atom. The molecule has 0 aliphatic carbocycles. The number of hydrogen-bond donors (Lipinski definition) is 2. The third-order valence-corrected chi connectivity index (χ3v) is 4.44. The van der Waals surface area contributed by atoms with Crippen molar-refractivity contribution in [2.24, 2.45) is 5.92 Å². The van der Waals surface area contributed by atoms with Crippen LogP contribution < -0.4 is 15.4 Å². The minimum Gasteiger partial charge on any atom is -0.489 e. The summed E-state index contributed by atoms with van der Waals surface area (Å²) in [6.45, 7) is 4.66. The van der Waals surface area contributed by atoms with Gasteiger partial charge in [0.1, 0.15) is 18.2 Å². The highest BCUT2D eigenvalue weighted by Crippen LogP contribution is 2.16. The van der Waals surface area contributed by atoms with Gasteiger partial charge in [0.15, 0.2) is 0 Å². The average molecular weight is 328 g/mol. The highest BCUT2D eigenvalue weighted by molar-refractivity contribution is 5.29. The first-order chi connectivity index (χ1) is 11.8. The van der Waals surface area contributed by atoms with Gasteiger partial charge in [-0.15, -0.1) is 0 Å². The molecule has 0 unspecified atom stereocenters. The van der Waals surface area contributed by atoms with Crippen LogP contribution in [0.5, 0.6) is 5.75 Å². The Balaban J connectivity index is 1.45. The Morgan fingerprint density at radius 2 is 1.83 bits per heavy atom. The molecule has 0 radical (unpaired) electrons. The van der Waals surface area contributed by atoms with Gasteiger partial charge in [0.25, 0.3) is 0 Å². The maximum Gasteiger partial charge on any atom is 0.123 e. The predicted molar refractivity (Wildman–Crippen MR) is 94.5 cm³/mol. The Hall–Kier alpha value is -1.91. The van der Waals surface area contributed by atoms with Gasteiger partial charge in [-0.1, -0.05) is 24.3 Å².